The van der Waals surface area contributed by atoms with E-state index < -0.39 is 0 Å². The largest absolute Gasteiger partial charge is 0.355 e. The molecular formula is C17H20N4. The van der Waals surface area contributed by atoms with Crippen molar-refractivity contribution in [2.45, 2.75) is 32.6 Å². The van der Waals surface area contributed by atoms with Gasteiger partial charge in [-0.05, 0) is 31.9 Å². The summed E-state index contributed by atoms with van der Waals surface area (Å²) in [6.45, 7) is 4.27. The van der Waals surface area contributed by atoms with Gasteiger partial charge in [0.05, 0.1) is 17.2 Å². The Bertz CT molecular complexity index is 782. The Morgan fingerprint density at radius 1 is 0.952 bits per heavy atom. The van der Waals surface area contributed by atoms with Crippen molar-refractivity contribution in [3.8, 4) is 0 Å². The predicted molar refractivity (Wildman–Crippen MR) is 85.9 cm³/mol. The standard InChI is InChI=1S/C17H20N4/c1-13-18-12-16-17(20-10-6-2-3-7-11-20)19-14-8-4-5-9-15(14)21(13)16/h4-5,8-9,12H,2-3,6-7,10-11H2,1H3. The number of imidazole rings is 1. The van der Waals surface area contributed by atoms with Gasteiger partial charge in [-0.3, -0.25) is 4.40 Å². The second kappa shape index (κ2) is 5.02. The molecular weight excluding hydrogens is 260 g/mol. The first-order valence-electron chi connectivity index (χ1n) is 7.82. The van der Waals surface area contributed by atoms with Crippen molar-refractivity contribution in [3.05, 3.63) is 36.3 Å². The van der Waals surface area contributed by atoms with E-state index in [1.54, 1.807) is 0 Å². The van der Waals surface area contributed by atoms with E-state index in [9.17, 15) is 0 Å². The number of para-hydroxylation sites is 2. The molecule has 4 heteroatoms. The lowest BCUT2D eigenvalue weighted by Crippen LogP contribution is -2.25. The van der Waals surface area contributed by atoms with Gasteiger partial charge >= 0.3 is 0 Å². The average molecular weight is 280 g/mol. The molecule has 0 unspecified atom stereocenters. The highest BCUT2D eigenvalue weighted by atomic mass is 15.2. The summed E-state index contributed by atoms with van der Waals surface area (Å²) >= 11 is 0. The molecule has 0 aliphatic carbocycles. The van der Waals surface area contributed by atoms with E-state index >= 15 is 0 Å². The van der Waals surface area contributed by atoms with Crippen molar-refractivity contribution >= 4 is 22.4 Å². The molecule has 3 heterocycles. The minimum atomic E-state index is 1.03. The lowest BCUT2D eigenvalue weighted by Gasteiger charge is -2.23. The van der Waals surface area contributed by atoms with E-state index in [1.807, 2.05) is 6.20 Å². The van der Waals surface area contributed by atoms with Gasteiger partial charge in [0, 0.05) is 13.1 Å². The van der Waals surface area contributed by atoms with Gasteiger partial charge in [-0.25, -0.2) is 9.97 Å². The van der Waals surface area contributed by atoms with Gasteiger partial charge < -0.3 is 4.90 Å². The van der Waals surface area contributed by atoms with Crippen LogP contribution in [0.2, 0.25) is 0 Å². The van der Waals surface area contributed by atoms with Crippen molar-refractivity contribution in [2.24, 2.45) is 0 Å². The van der Waals surface area contributed by atoms with Crippen LogP contribution in [0.25, 0.3) is 16.6 Å². The van der Waals surface area contributed by atoms with Crippen molar-refractivity contribution in [1.82, 2.24) is 14.4 Å². The molecule has 4 nitrogen and oxygen atoms in total. The topological polar surface area (TPSA) is 33.4 Å². The number of benzene rings is 1. The molecule has 1 saturated heterocycles. The molecule has 0 spiro atoms. The number of anilines is 1. The molecule has 1 aliphatic heterocycles. The molecule has 1 fully saturated rings. The zero-order valence-electron chi connectivity index (χ0n) is 12.4. The van der Waals surface area contributed by atoms with Crippen LogP contribution in [0.3, 0.4) is 0 Å². The Hall–Kier alpha value is -2.10. The molecule has 0 N–H and O–H groups in total. The second-order valence-corrected chi connectivity index (χ2v) is 5.85. The zero-order chi connectivity index (χ0) is 14.2. The molecule has 21 heavy (non-hydrogen) atoms. The Morgan fingerprint density at radius 2 is 1.71 bits per heavy atom. The molecule has 0 radical (unpaired) electrons. The Balaban J connectivity index is 1.98. The van der Waals surface area contributed by atoms with E-state index in [4.69, 9.17) is 4.98 Å². The molecule has 1 aromatic carbocycles. The number of fused-ring (bicyclic) bond motifs is 3. The van der Waals surface area contributed by atoms with Crippen LogP contribution in [-0.2, 0) is 0 Å². The fourth-order valence-corrected chi connectivity index (χ4v) is 3.34. The SMILES string of the molecule is Cc1ncc2c(N3CCCCCC3)nc3ccccc3n12. The maximum absolute atomic E-state index is 4.95. The number of aromatic nitrogens is 3. The molecule has 0 saturated carbocycles. The summed E-state index contributed by atoms with van der Waals surface area (Å²) in [6.07, 6.45) is 7.15. The molecule has 0 amide bonds. The van der Waals surface area contributed by atoms with Gasteiger partial charge in [-0.15, -0.1) is 0 Å². The molecule has 3 aromatic rings. The summed E-state index contributed by atoms with van der Waals surface area (Å²) in [6, 6.07) is 8.33. The molecule has 1 aliphatic rings. The van der Waals surface area contributed by atoms with Crippen LogP contribution in [0.5, 0.6) is 0 Å². The van der Waals surface area contributed by atoms with E-state index in [0.29, 0.717) is 0 Å². The number of hydrogen-bond donors (Lipinski definition) is 0. The van der Waals surface area contributed by atoms with Crippen LogP contribution in [-0.4, -0.2) is 27.5 Å². The maximum atomic E-state index is 4.95. The Labute approximate surface area is 124 Å². The first kappa shape index (κ1) is 12.6. The summed E-state index contributed by atoms with van der Waals surface area (Å²) in [4.78, 5) is 11.9. The minimum Gasteiger partial charge on any atom is -0.355 e. The van der Waals surface area contributed by atoms with Crippen molar-refractivity contribution < 1.29 is 0 Å². The van der Waals surface area contributed by atoms with E-state index in [1.165, 1.54) is 25.7 Å². The molecule has 4 rings (SSSR count). The quantitative estimate of drug-likeness (QED) is 0.683. The molecule has 0 bridgehead atoms. The minimum absolute atomic E-state index is 1.03. The lowest BCUT2D eigenvalue weighted by molar-refractivity contribution is 0.726. The lowest BCUT2D eigenvalue weighted by atomic mass is 10.2. The summed E-state index contributed by atoms with van der Waals surface area (Å²) < 4.78 is 2.24. The van der Waals surface area contributed by atoms with Crippen LogP contribution >= 0.6 is 0 Å². The summed E-state index contributed by atoms with van der Waals surface area (Å²) in [7, 11) is 0. The normalized spacial score (nSPS) is 16.5. The van der Waals surface area contributed by atoms with Crippen LogP contribution < -0.4 is 4.90 Å². The molecule has 2 aromatic heterocycles. The summed E-state index contributed by atoms with van der Waals surface area (Å²) in [5.74, 6) is 2.12. The summed E-state index contributed by atoms with van der Waals surface area (Å²) in [5, 5.41) is 0. The highest BCUT2D eigenvalue weighted by Crippen LogP contribution is 2.27. The van der Waals surface area contributed by atoms with E-state index in [2.05, 4.69) is 45.5 Å². The number of aryl methyl sites for hydroxylation is 1. The van der Waals surface area contributed by atoms with Gasteiger partial charge in [-0.2, -0.15) is 0 Å². The van der Waals surface area contributed by atoms with Gasteiger partial charge in [0.15, 0.2) is 5.82 Å². The number of rotatable bonds is 1. The Morgan fingerprint density at radius 3 is 2.52 bits per heavy atom. The van der Waals surface area contributed by atoms with E-state index in [-0.39, 0.29) is 0 Å². The van der Waals surface area contributed by atoms with Crippen molar-refractivity contribution in [2.75, 3.05) is 18.0 Å². The highest BCUT2D eigenvalue weighted by molar-refractivity contribution is 5.84. The van der Waals surface area contributed by atoms with Crippen molar-refractivity contribution in [3.63, 3.8) is 0 Å². The first-order chi connectivity index (χ1) is 10.3. The number of hydrogen-bond acceptors (Lipinski definition) is 3. The smallest absolute Gasteiger partial charge is 0.155 e. The van der Waals surface area contributed by atoms with Gasteiger partial charge in [-0.1, -0.05) is 25.0 Å². The number of nitrogens with zero attached hydrogens (tertiary/aromatic N) is 4. The third-order valence-corrected chi connectivity index (χ3v) is 4.42. The van der Waals surface area contributed by atoms with Gasteiger partial charge in [0.25, 0.3) is 0 Å². The summed E-state index contributed by atoms with van der Waals surface area (Å²) in [5.41, 5.74) is 3.32. The van der Waals surface area contributed by atoms with Gasteiger partial charge in [0.2, 0.25) is 0 Å². The average Bonchev–Trinajstić information content (AvgIpc) is 2.74. The van der Waals surface area contributed by atoms with E-state index in [0.717, 1.165) is 41.3 Å². The van der Waals surface area contributed by atoms with Crippen LogP contribution in [0.4, 0.5) is 5.82 Å². The predicted octanol–water partition coefficient (Wildman–Crippen LogP) is 3.57. The highest BCUT2D eigenvalue weighted by Gasteiger charge is 2.17. The second-order valence-electron chi connectivity index (χ2n) is 5.85. The van der Waals surface area contributed by atoms with Crippen LogP contribution in [0, 0.1) is 6.92 Å². The van der Waals surface area contributed by atoms with Crippen molar-refractivity contribution in [1.29, 1.82) is 0 Å². The Kier molecular flexibility index (Phi) is 3.02. The molecule has 108 valence electrons. The third-order valence-electron chi connectivity index (χ3n) is 4.42. The monoisotopic (exact) mass is 280 g/mol. The fourth-order valence-electron chi connectivity index (χ4n) is 3.34. The fraction of sp³-hybridized carbons (Fsp3) is 0.412. The third kappa shape index (κ3) is 2.06. The zero-order valence-corrected chi connectivity index (χ0v) is 12.4. The van der Waals surface area contributed by atoms with Crippen LogP contribution in [0.15, 0.2) is 30.5 Å². The molecule has 0 atom stereocenters. The van der Waals surface area contributed by atoms with Gasteiger partial charge in [0.1, 0.15) is 11.3 Å². The first-order valence-corrected chi connectivity index (χ1v) is 7.82. The maximum Gasteiger partial charge on any atom is 0.155 e. The van der Waals surface area contributed by atoms with Crippen LogP contribution in [0.1, 0.15) is 31.5 Å².